The highest BCUT2D eigenvalue weighted by Gasteiger charge is 2.21. The van der Waals surface area contributed by atoms with Crippen molar-refractivity contribution >= 4 is 39.8 Å². The zero-order valence-electron chi connectivity index (χ0n) is 14.1. The number of sulfone groups is 1. The van der Waals surface area contributed by atoms with Gasteiger partial charge < -0.3 is 15.4 Å². The third-order valence-electron chi connectivity index (χ3n) is 3.66. The Morgan fingerprint density at radius 2 is 2.04 bits per heavy atom. The first-order valence-electron chi connectivity index (χ1n) is 8.01. The van der Waals surface area contributed by atoms with Crippen molar-refractivity contribution in [1.29, 1.82) is 0 Å². The summed E-state index contributed by atoms with van der Waals surface area (Å²) in [7, 11) is -2.97. The molecule has 0 spiro atoms. The topological polar surface area (TPSA) is 79.8 Å². The fourth-order valence-electron chi connectivity index (χ4n) is 2.36. The van der Waals surface area contributed by atoms with Crippen molar-refractivity contribution < 1.29 is 13.2 Å². The van der Waals surface area contributed by atoms with Crippen molar-refractivity contribution in [3.05, 3.63) is 29.8 Å². The molecular formula is C16H26IN3O3S. The van der Waals surface area contributed by atoms with Crippen molar-refractivity contribution in [1.82, 2.24) is 10.6 Å². The molecule has 24 heavy (non-hydrogen) atoms. The van der Waals surface area contributed by atoms with Gasteiger partial charge >= 0.3 is 0 Å². The van der Waals surface area contributed by atoms with Gasteiger partial charge in [0.25, 0.3) is 0 Å². The van der Waals surface area contributed by atoms with Crippen LogP contribution in [0.25, 0.3) is 0 Å². The SMILES string of the molecule is CCNC(=NCC1Cc2ccccc2O1)NCCS(=O)(=O)CC.I. The average molecular weight is 467 g/mol. The second-order valence-electron chi connectivity index (χ2n) is 5.43. The lowest BCUT2D eigenvalue weighted by molar-refractivity contribution is 0.241. The van der Waals surface area contributed by atoms with Crippen molar-refractivity contribution in [3.8, 4) is 5.75 Å². The molecule has 1 unspecified atom stereocenters. The van der Waals surface area contributed by atoms with Crippen LogP contribution in [0, 0.1) is 0 Å². The minimum Gasteiger partial charge on any atom is -0.488 e. The van der Waals surface area contributed by atoms with Crippen LogP contribution >= 0.6 is 24.0 Å². The molecule has 0 aromatic heterocycles. The van der Waals surface area contributed by atoms with Gasteiger partial charge in [0.05, 0.1) is 12.3 Å². The normalized spacial score (nSPS) is 16.8. The van der Waals surface area contributed by atoms with Crippen molar-refractivity contribution in [2.24, 2.45) is 4.99 Å². The Morgan fingerprint density at radius 1 is 1.29 bits per heavy atom. The fraction of sp³-hybridized carbons (Fsp3) is 0.562. The van der Waals surface area contributed by atoms with Gasteiger partial charge in [-0.2, -0.15) is 0 Å². The molecule has 0 radical (unpaired) electrons. The van der Waals surface area contributed by atoms with E-state index in [2.05, 4.69) is 21.7 Å². The molecule has 0 fully saturated rings. The van der Waals surface area contributed by atoms with Crippen LogP contribution in [0.1, 0.15) is 19.4 Å². The van der Waals surface area contributed by atoms with Crippen LogP contribution in [-0.4, -0.2) is 51.6 Å². The van der Waals surface area contributed by atoms with Gasteiger partial charge in [-0.3, -0.25) is 0 Å². The molecule has 0 saturated heterocycles. The number of nitrogens with one attached hydrogen (secondary N) is 2. The molecule has 0 saturated carbocycles. The van der Waals surface area contributed by atoms with Crippen molar-refractivity contribution in [3.63, 3.8) is 0 Å². The summed E-state index contributed by atoms with van der Waals surface area (Å²) in [6, 6.07) is 8.01. The molecule has 1 aromatic carbocycles. The van der Waals surface area contributed by atoms with Crippen LogP contribution in [0.3, 0.4) is 0 Å². The number of hydrogen-bond donors (Lipinski definition) is 2. The largest absolute Gasteiger partial charge is 0.488 e. The lowest BCUT2D eigenvalue weighted by atomic mass is 10.1. The summed E-state index contributed by atoms with van der Waals surface area (Å²) in [6.07, 6.45) is 0.880. The van der Waals surface area contributed by atoms with Gasteiger partial charge in [0.15, 0.2) is 15.8 Å². The van der Waals surface area contributed by atoms with E-state index in [-0.39, 0.29) is 41.6 Å². The minimum absolute atomic E-state index is 0. The number of aliphatic imine (C=N–C) groups is 1. The molecular weight excluding hydrogens is 441 g/mol. The number of nitrogens with zero attached hydrogens (tertiary/aromatic N) is 1. The Balaban J connectivity index is 0.00000288. The van der Waals surface area contributed by atoms with Gasteiger partial charge in [-0.05, 0) is 18.6 Å². The molecule has 1 atom stereocenters. The van der Waals surface area contributed by atoms with E-state index in [1.54, 1.807) is 6.92 Å². The Hall–Kier alpha value is -1.03. The quantitative estimate of drug-likeness (QED) is 0.362. The summed E-state index contributed by atoms with van der Waals surface area (Å²) in [6.45, 7) is 5.24. The number of halogens is 1. The summed E-state index contributed by atoms with van der Waals surface area (Å²) < 4.78 is 28.9. The van der Waals surface area contributed by atoms with E-state index in [4.69, 9.17) is 4.74 Å². The summed E-state index contributed by atoms with van der Waals surface area (Å²) >= 11 is 0. The summed E-state index contributed by atoms with van der Waals surface area (Å²) in [4.78, 5) is 4.50. The average Bonchev–Trinajstić information content (AvgIpc) is 2.95. The third kappa shape index (κ3) is 6.46. The highest BCUT2D eigenvalue weighted by atomic mass is 127. The molecule has 8 heteroatoms. The molecule has 6 nitrogen and oxygen atoms in total. The van der Waals surface area contributed by atoms with Gasteiger partial charge in [0, 0.05) is 25.3 Å². The second kappa shape index (κ2) is 10.1. The van der Waals surface area contributed by atoms with Crippen LogP contribution in [-0.2, 0) is 16.3 Å². The molecule has 0 aliphatic carbocycles. The Bertz CT molecular complexity index is 625. The number of fused-ring (bicyclic) bond motifs is 1. The molecule has 0 bridgehead atoms. The molecule has 1 aliphatic heterocycles. The lowest BCUT2D eigenvalue weighted by Crippen LogP contribution is -2.40. The maximum atomic E-state index is 11.5. The van der Waals surface area contributed by atoms with E-state index < -0.39 is 9.84 Å². The first kappa shape index (κ1) is 21.0. The van der Waals surface area contributed by atoms with E-state index in [1.807, 2.05) is 25.1 Å². The van der Waals surface area contributed by atoms with E-state index in [0.717, 1.165) is 18.7 Å². The molecule has 0 amide bonds. The maximum Gasteiger partial charge on any atom is 0.191 e. The number of benzene rings is 1. The molecule has 2 N–H and O–H groups in total. The predicted molar refractivity (Wildman–Crippen MR) is 108 cm³/mol. The number of ether oxygens (including phenoxy) is 1. The van der Waals surface area contributed by atoms with E-state index >= 15 is 0 Å². The smallest absolute Gasteiger partial charge is 0.191 e. The van der Waals surface area contributed by atoms with Crippen LogP contribution in [0.2, 0.25) is 0 Å². The van der Waals surface area contributed by atoms with E-state index in [1.165, 1.54) is 5.56 Å². The minimum atomic E-state index is -2.97. The van der Waals surface area contributed by atoms with Crippen LogP contribution < -0.4 is 15.4 Å². The number of guanidine groups is 1. The zero-order valence-corrected chi connectivity index (χ0v) is 17.3. The van der Waals surface area contributed by atoms with Gasteiger partial charge in [-0.25, -0.2) is 13.4 Å². The molecule has 1 aliphatic rings. The van der Waals surface area contributed by atoms with Crippen molar-refractivity contribution in [2.75, 3.05) is 31.1 Å². The van der Waals surface area contributed by atoms with E-state index in [0.29, 0.717) is 19.0 Å². The van der Waals surface area contributed by atoms with Crippen molar-refractivity contribution in [2.45, 2.75) is 26.4 Å². The van der Waals surface area contributed by atoms with Gasteiger partial charge in [-0.1, -0.05) is 25.1 Å². The second-order valence-corrected chi connectivity index (χ2v) is 7.91. The molecule has 2 rings (SSSR count). The fourth-order valence-corrected chi connectivity index (χ4v) is 3.06. The third-order valence-corrected chi connectivity index (χ3v) is 5.36. The molecule has 1 aromatic rings. The Kier molecular flexibility index (Phi) is 8.82. The lowest BCUT2D eigenvalue weighted by Gasteiger charge is -2.13. The predicted octanol–water partition coefficient (Wildman–Crippen LogP) is 1.60. The maximum absolute atomic E-state index is 11.5. The standard InChI is InChI=1S/C16H25N3O3S.HI/c1-3-17-16(18-9-10-23(20,21)4-2)19-12-14-11-13-7-5-6-8-15(13)22-14;/h5-8,14H,3-4,9-12H2,1-2H3,(H2,17,18,19);1H. The van der Waals surface area contributed by atoms with E-state index in [9.17, 15) is 8.42 Å². The Labute approximate surface area is 161 Å². The molecule has 136 valence electrons. The summed E-state index contributed by atoms with van der Waals surface area (Å²) in [5, 5.41) is 6.18. The first-order valence-corrected chi connectivity index (χ1v) is 9.83. The first-order chi connectivity index (χ1) is 11.0. The number of rotatable bonds is 7. The highest BCUT2D eigenvalue weighted by molar-refractivity contribution is 14.0. The number of para-hydroxylation sites is 1. The zero-order chi connectivity index (χ0) is 16.7. The number of hydrogen-bond acceptors (Lipinski definition) is 4. The summed E-state index contributed by atoms with van der Waals surface area (Å²) in [5.41, 5.74) is 1.21. The highest BCUT2D eigenvalue weighted by Crippen LogP contribution is 2.28. The van der Waals surface area contributed by atoms with Gasteiger partial charge in [-0.15, -0.1) is 24.0 Å². The Morgan fingerprint density at radius 3 is 2.71 bits per heavy atom. The van der Waals surface area contributed by atoms with Gasteiger partial charge in [0.1, 0.15) is 11.9 Å². The summed E-state index contributed by atoms with van der Waals surface area (Å²) in [5.74, 6) is 1.83. The monoisotopic (exact) mass is 467 g/mol. The molecule has 1 heterocycles. The van der Waals surface area contributed by atoms with Crippen LogP contribution in [0.5, 0.6) is 5.75 Å². The van der Waals surface area contributed by atoms with Crippen LogP contribution in [0.15, 0.2) is 29.3 Å². The van der Waals surface area contributed by atoms with Gasteiger partial charge in [0.2, 0.25) is 0 Å². The van der Waals surface area contributed by atoms with Crippen LogP contribution in [0.4, 0.5) is 0 Å².